The molecular formula is C8H6ClN5O3. The first kappa shape index (κ1) is 11.3. The van der Waals surface area contributed by atoms with Gasteiger partial charge in [-0.15, -0.1) is 0 Å². The summed E-state index contributed by atoms with van der Waals surface area (Å²) in [6, 6.07) is 0.0329. The van der Waals surface area contributed by atoms with Gasteiger partial charge in [0.05, 0.1) is 7.11 Å². The van der Waals surface area contributed by atoms with Gasteiger partial charge in [0.1, 0.15) is 6.33 Å². The van der Waals surface area contributed by atoms with Crippen LogP contribution in [0.25, 0.3) is 5.95 Å². The van der Waals surface area contributed by atoms with Gasteiger partial charge in [0.2, 0.25) is 11.2 Å². The van der Waals surface area contributed by atoms with E-state index < -0.39 is 5.97 Å². The summed E-state index contributed by atoms with van der Waals surface area (Å²) in [6.45, 7) is 0. The maximum Gasteiger partial charge on any atom is 0.356 e. The number of ether oxygens (including phenoxy) is 1. The van der Waals surface area contributed by atoms with E-state index in [-0.39, 0.29) is 22.9 Å². The molecule has 0 aliphatic heterocycles. The zero-order chi connectivity index (χ0) is 12.4. The summed E-state index contributed by atoms with van der Waals surface area (Å²) in [4.78, 5) is 25.7. The molecule has 17 heavy (non-hydrogen) atoms. The average Bonchev–Trinajstić information content (AvgIpc) is 2.77. The number of hydrogen-bond acceptors (Lipinski definition) is 6. The molecule has 0 amide bonds. The van der Waals surface area contributed by atoms with E-state index in [1.54, 1.807) is 0 Å². The fourth-order valence-electron chi connectivity index (χ4n) is 1.07. The summed E-state index contributed by atoms with van der Waals surface area (Å²) in [7, 11) is 1.38. The number of carboxylic acids is 1. The van der Waals surface area contributed by atoms with Crippen molar-refractivity contribution in [2.45, 2.75) is 0 Å². The summed E-state index contributed by atoms with van der Waals surface area (Å²) in [5.74, 6) is -1.02. The zero-order valence-electron chi connectivity index (χ0n) is 8.53. The van der Waals surface area contributed by atoms with E-state index in [9.17, 15) is 4.79 Å². The van der Waals surface area contributed by atoms with E-state index in [2.05, 4.69) is 19.9 Å². The van der Waals surface area contributed by atoms with Crippen molar-refractivity contribution in [3.05, 3.63) is 23.5 Å². The fraction of sp³-hybridized carbons (Fsp3) is 0.125. The lowest BCUT2D eigenvalue weighted by Crippen LogP contribution is -2.03. The molecule has 2 aromatic heterocycles. The first-order valence-corrected chi connectivity index (χ1v) is 4.71. The number of carbonyl (C=O) groups is 1. The maximum atomic E-state index is 10.7. The van der Waals surface area contributed by atoms with Crippen molar-refractivity contribution in [2.75, 3.05) is 7.11 Å². The molecule has 1 N–H and O–H groups in total. The summed E-state index contributed by atoms with van der Waals surface area (Å²) in [5, 5.41) is 8.66. The first-order chi connectivity index (χ1) is 8.10. The summed E-state index contributed by atoms with van der Waals surface area (Å²) in [5.41, 5.74) is -0.125. The van der Waals surface area contributed by atoms with Crippen molar-refractivity contribution in [3.8, 4) is 12.0 Å². The smallest absolute Gasteiger partial charge is 0.356 e. The van der Waals surface area contributed by atoms with Crippen molar-refractivity contribution in [2.24, 2.45) is 0 Å². The van der Waals surface area contributed by atoms with Crippen molar-refractivity contribution in [1.29, 1.82) is 0 Å². The van der Waals surface area contributed by atoms with Gasteiger partial charge in [-0.1, -0.05) is 0 Å². The van der Waals surface area contributed by atoms with Gasteiger partial charge in [-0.05, 0) is 11.6 Å². The highest BCUT2D eigenvalue weighted by Gasteiger charge is 2.11. The standard InChI is InChI=1S/C8H6ClN5O3/c1-17-8-12-6(9)11-7(13-8)14-2-4(5(15)16)10-3-14/h2-3H,1H3,(H,15,16). The Morgan fingerprint density at radius 1 is 1.47 bits per heavy atom. The molecule has 0 spiro atoms. The molecule has 88 valence electrons. The van der Waals surface area contributed by atoms with E-state index in [0.717, 1.165) is 0 Å². The van der Waals surface area contributed by atoms with Crippen LogP contribution in [0.2, 0.25) is 5.28 Å². The van der Waals surface area contributed by atoms with E-state index in [4.69, 9.17) is 21.4 Å². The van der Waals surface area contributed by atoms with Gasteiger partial charge in [-0.25, -0.2) is 9.78 Å². The molecule has 0 aromatic carbocycles. The average molecular weight is 256 g/mol. The van der Waals surface area contributed by atoms with E-state index >= 15 is 0 Å². The van der Waals surface area contributed by atoms with Crippen LogP contribution in [0.4, 0.5) is 0 Å². The number of methoxy groups -OCH3 is 1. The van der Waals surface area contributed by atoms with Crippen molar-refractivity contribution >= 4 is 17.6 Å². The van der Waals surface area contributed by atoms with Crippen LogP contribution >= 0.6 is 11.6 Å². The number of hydrogen-bond donors (Lipinski definition) is 1. The molecule has 8 nitrogen and oxygen atoms in total. The number of nitrogens with zero attached hydrogens (tertiary/aromatic N) is 5. The second kappa shape index (κ2) is 4.34. The molecule has 0 aliphatic carbocycles. The van der Waals surface area contributed by atoms with Gasteiger partial charge in [-0.2, -0.15) is 15.0 Å². The Hall–Kier alpha value is -2.22. The third-order valence-electron chi connectivity index (χ3n) is 1.79. The topological polar surface area (TPSA) is 103 Å². The Morgan fingerprint density at radius 2 is 2.24 bits per heavy atom. The summed E-state index contributed by atoms with van der Waals surface area (Å²) < 4.78 is 6.12. The van der Waals surface area contributed by atoms with Gasteiger partial charge >= 0.3 is 12.0 Å². The van der Waals surface area contributed by atoms with E-state index in [1.807, 2.05) is 0 Å². The Balaban J connectivity index is 2.44. The largest absolute Gasteiger partial charge is 0.476 e. The van der Waals surface area contributed by atoms with Crippen LogP contribution in [0.3, 0.4) is 0 Å². The highest BCUT2D eigenvalue weighted by Crippen LogP contribution is 2.11. The van der Waals surface area contributed by atoms with Crippen LogP contribution in [0, 0.1) is 0 Å². The molecule has 0 radical (unpaired) electrons. The Morgan fingerprint density at radius 3 is 2.82 bits per heavy atom. The normalized spacial score (nSPS) is 10.2. The van der Waals surface area contributed by atoms with E-state index in [1.165, 1.54) is 24.2 Å². The highest BCUT2D eigenvalue weighted by molar-refractivity contribution is 6.28. The van der Waals surface area contributed by atoms with Crippen LogP contribution < -0.4 is 4.74 Å². The van der Waals surface area contributed by atoms with Crippen molar-refractivity contribution in [1.82, 2.24) is 24.5 Å². The second-order valence-electron chi connectivity index (χ2n) is 2.86. The molecule has 9 heteroatoms. The van der Waals surface area contributed by atoms with Gasteiger partial charge in [-0.3, -0.25) is 4.57 Å². The van der Waals surface area contributed by atoms with Crippen LogP contribution in [-0.4, -0.2) is 42.7 Å². The molecule has 0 saturated carbocycles. The number of carboxylic acid groups (broad SMARTS) is 1. The quantitative estimate of drug-likeness (QED) is 0.847. The third-order valence-corrected chi connectivity index (χ3v) is 1.96. The second-order valence-corrected chi connectivity index (χ2v) is 3.20. The van der Waals surface area contributed by atoms with E-state index in [0.29, 0.717) is 0 Å². The lowest BCUT2D eigenvalue weighted by Gasteiger charge is -2.02. The van der Waals surface area contributed by atoms with Crippen LogP contribution in [0.5, 0.6) is 6.01 Å². The molecule has 0 aliphatic rings. The Bertz CT molecular complexity index is 570. The molecule has 0 unspecified atom stereocenters. The zero-order valence-corrected chi connectivity index (χ0v) is 9.29. The summed E-state index contributed by atoms with van der Waals surface area (Å²) in [6.07, 6.45) is 2.52. The molecule has 2 aromatic rings. The van der Waals surface area contributed by atoms with Crippen molar-refractivity contribution in [3.63, 3.8) is 0 Å². The molecule has 0 bridgehead atoms. The molecule has 2 rings (SSSR count). The van der Waals surface area contributed by atoms with Gasteiger partial charge in [0.25, 0.3) is 0 Å². The molecular weight excluding hydrogens is 250 g/mol. The van der Waals surface area contributed by atoms with Crippen molar-refractivity contribution < 1.29 is 14.6 Å². The predicted octanol–water partition coefficient (Wildman–Crippen LogP) is 0.417. The number of imidazole rings is 1. The fourth-order valence-corrected chi connectivity index (χ4v) is 1.22. The number of rotatable bonds is 3. The van der Waals surface area contributed by atoms with Gasteiger partial charge in [0.15, 0.2) is 5.69 Å². The Labute approximate surface area is 99.9 Å². The lowest BCUT2D eigenvalue weighted by atomic mass is 10.5. The van der Waals surface area contributed by atoms with Gasteiger partial charge in [0, 0.05) is 6.20 Å². The highest BCUT2D eigenvalue weighted by atomic mass is 35.5. The minimum atomic E-state index is -1.14. The molecule has 0 fully saturated rings. The van der Waals surface area contributed by atoms with Crippen LogP contribution in [-0.2, 0) is 0 Å². The Kier molecular flexibility index (Phi) is 2.88. The van der Waals surface area contributed by atoms with Crippen LogP contribution in [0.15, 0.2) is 12.5 Å². The number of aromatic carboxylic acids is 1. The monoisotopic (exact) mass is 255 g/mol. The minimum Gasteiger partial charge on any atom is -0.476 e. The maximum absolute atomic E-state index is 10.7. The minimum absolute atomic E-state index is 0.0329. The van der Waals surface area contributed by atoms with Crippen LogP contribution in [0.1, 0.15) is 10.5 Å². The number of aromatic nitrogens is 5. The summed E-state index contributed by atoms with van der Waals surface area (Å²) >= 11 is 5.66. The first-order valence-electron chi connectivity index (χ1n) is 4.33. The third kappa shape index (κ3) is 2.31. The molecule has 0 saturated heterocycles. The number of halogens is 1. The SMILES string of the molecule is COc1nc(Cl)nc(-n2cnc(C(=O)O)c2)n1. The van der Waals surface area contributed by atoms with Gasteiger partial charge < -0.3 is 9.84 Å². The predicted molar refractivity (Wildman–Crippen MR) is 55.5 cm³/mol. The molecule has 2 heterocycles. The molecule has 0 atom stereocenters. The lowest BCUT2D eigenvalue weighted by molar-refractivity contribution is 0.0691.